The molecular weight excluding hydrogens is 428 g/mol. The predicted molar refractivity (Wildman–Crippen MR) is 125 cm³/mol. The lowest BCUT2D eigenvalue weighted by Gasteiger charge is -2.44. The third-order valence-electron chi connectivity index (χ3n) is 7.01. The van der Waals surface area contributed by atoms with Crippen molar-refractivity contribution in [1.82, 2.24) is 0 Å². The number of rotatable bonds is 13. The van der Waals surface area contributed by atoms with E-state index in [2.05, 4.69) is 13.8 Å². The molecule has 0 saturated carbocycles. The van der Waals surface area contributed by atoms with Crippen molar-refractivity contribution < 1.29 is 38.3 Å². The van der Waals surface area contributed by atoms with Crippen LogP contribution in [0.3, 0.4) is 0 Å². The molecule has 0 aromatic rings. The molecular formula is C25H44O8. The van der Waals surface area contributed by atoms with Gasteiger partial charge in [0.2, 0.25) is 0 Å². The molecule has 0 aromatic heterocycles. The normalized spacial score (nSPS) is 36.5. The van der Waals surface area contributed by atoms with E-state index in [-0.39, 0.29) is 48.5 Å². The van der Waals surface area contributed by atoms with Gasteiger partial charge in [-0.15, -0.1) is 0 Å². The largest absolute Gasteiger partial charge is 0.390 e. The molecule has 0 aliphatic carbocycles. The molecule has 2 aliphatic rings. The maximum atomic E-state index is 10.8. The van der Waals surface area contributed by atoms with Gasteiger partial charge in [0.25, 0.3) is 0 Å². The summed E-state index contributed by atoms with van der Waals surface area (Å²) >= 11 is 0. The van der Waals surface area contributed by atoms with Gasteiger partial charge in [0.1, 0.15) is 30.5 Å². The first-order valence-electron chi connectivity index (χ1n) is 11.8. The third kappa shape index (κ3) is 6.64. The summed E-state index contributed by atoms with van der Waals surface area (Å²) in [5, 5.41) is 10.8. The van der Waals surface area contributed by atoms with Crippen molar-refractivity contribution in [2.75, 3.05) is 35.5 Å². The van der Waals surface area contributed by atoms with Crippen LogP contribution in [0.25, 0.3) is 0 Å². The van der Waals surface area contributed by atoms with Gasteiger partial charge in [0.05, 0.1) is 18.3 Å². The number of hydrogen-bond donors (Lipinski definition) is 1. The lowest BCUT2D eigenvalue weighted by Crippen LogP contribution is -2.60. The molecule has 11 atom stereocenters. The second-order valence-electron chi connectivity index (χ2n) is 9.01. The Bertz CT molecular complexity index is 634. The molecule has 0 aromatic carbocycles. The van der Waals surface area contributed by atoms with Gasteiger partial charge in [-0.2, -0.15) is 0 Å². The second-order valence-corrected chi connectivity index (χ2v) is 9.01. The SMILES string of the molecule is CCC(OC)C(C)[C@H]1O[C@@H]1C(O)C(C)/C=C/C=C(\C)[C@H]1O[C@H](OC)[C@H](OC)[C@@H](OC)[C@@H]1OC. The maximum Gasteiger partial charge on any atom is 0.186 e. The summed E-state index contributed by atoms with van der Waals surface area (Å²) in [6, 6.07) is 0. The molecule has 1 N–H and O–H groups in total. The van der Waals surface area contributed by atoms with Crippen molar-refractivity contribution in [3.05, 3.63) is 23.8 Å². The van der Waals surface area contributed by atoms with Crippen LogP contribution in [0.15, 0.2) is 23.8 Å². The number of epoxide rings is 1. The highest BCUT2D eigenvalue weighted by Gasteiger charge is 2.50. The maximum absolute atomic E-state index is 10.8. The fourth-order valence-electron chi connectivity index (χ4n) is 4.83. The van der Waals surface area contributed by atoms with Gasteiger partial charge in [-0.05, 0) is 18.9 Å². The van der Waals surface area contributed by atoms with E-state index in [4.69, 9.17) is 33.2 Å². The van der Waals surface area contributed by atoms with Crippen LogP contribution in [-0.2, 0) is 33.2 Å². The first-order chi connectivity index (χ1) is 15.8. The Kier molecular flexibility index (Phi) is 11.4. The zero-order chi connectivity index (χ0) is 24.7. The van der Waals surface area contributed by atoms with Gasteiger partial charge < -0.3 is 38.3 Å². The monoisotopic (exact) mass is 472 g/mol. The average Bonchev–Trinajstić information content (AvgIpc) is 3.63. The molecule has 2 fully saturated rings. The number of ether oxygens (including phenoxy) is 7. The summed E-state index contributed by atoms with van der Waals surface area (Å²) in [4.78, 5) is 0. The number of hydrogen-bond acceptors (Lipinski definition) is 8. The summed E-state index contributed by atoms with van der Waals surface area (Å²) < 4.78 is 39.9. The Morgan fingerprint density at radius 2 is 1.55 bits per heavy atom. The van der Waals surface area contributed by atoms with Crippen LogP contribution in [-0.4, -0.2) is 95.8 Å². The fourth-order valence-corrected chi connectivity index (χ4v) is 4.83. The van der Waals surface area contributed by atoms with Crippen LogP contribution in [0.2, 0.25) is 0 Å². The minimum Gasteiger partial charge on any atom is -0.390 e. The smallest absolute Gasteiger partial charge is 0.186 e. The third-order valence-corrected chi connectivity index (χ3v) is 7.01. The minimum absolute atomic E-state index is 0.0295. The average molecular weight is 473 g/mol. The summed E-state index contributed by atoms with van der Waals surface area (Å²) in [5.74, 6) is 0.173. The van der Waals surface area contributed by atoms with E-state index in [1.165, 1.54) is 0 Å². The van der Waals surface area contributed by atoms with E-state index in [0.717, 1.165) is 12.0 Å². The standard InChI is InChI=1S/C25H44O8/c1-10-17(27-5)16(4)20-21(32-20)18(26)14(2)12-11-13-15(3)19-22(28-6)23(29-7)24(30-8)25(31-9)33-19/h11-14,16-26H,10H2,1-9H3/b12-11+,15-13+/t14?,16?,17?,18?,19-,20-,21-,22-,23+,24-,25+/m1/s1. The molecule has 2 aliphatic heterocycles. The van der Waals surface area contributed by atoms with Crippen molar-refractivity contribution in [1.29, 1.82) is 0 Å². The lowest BCUT2D eigenvalue weighted by atomic mass is 9.91. The van der Waals surface area contributed by atoms with E-state index >= 15 is 0 Å². The molecule has 8 heteroatoms. The summed E-state index contributed by atoms with van der Waals surface area (Å²) in [5.41, 5.74) is 0.957. The quantitative estimate of drug-likeness (QED) is 0.323. The Balaban J connectivity index is 2.02. The van der Waals surface area contributed by atoms with E-state index in [1.54, 1.807) is 35.5 Å². The summed E-state index contributed by atoms with van der Waals surface area (Å²) in [7, 11) is 8.17. The molecule has 0 spiro atoms. The molecule has 2 rings (SSSR count). The van der Waals surface area contributed by atoms with Gasteiger partial charge in [-0.3, -0.25) is 0 Å². The van der Waals surface area contributed by atoms with Gasteiger partial charge in [0, 0.05) is 47.4 Å². The molecule has 2 heterocycles. The van der Waals surface area contributed by atoms with Crippen LogP contribution in [0, 0.1) is 11.8 Å². The van der Waals surface area contributed by atoms with Crippen molar-refractivity contribution in [3.63, 3.8) is 0 Å². The topological polar surface area (TPSA) is 88.1 Å². The molecule has 8 nitrogen and oxygen atoms in total. The van der Waals surface area contributed by atoms with E-state index in [1.807, 2.05) is 32.1 Å². The van der Waals surface area contributed by atoms with Gasteiger partial charge >= 0.3 is 0 Å². The van der Waals surface area contributed by atoms with Crippen LogP contribution in [0.1, 0.15) is 34.1 Å². The van der Waals surface area contributed by atoms with Crippen LogP contribution >= 0.6 is 0 Å². The Morgan fingerprint density at radius 3 is 2.06 bits per heavy atom. The van der Waals surface area contributed by atoms with Crippen molar-refractivity contribution in [2.24, 2.45) is 11.8 Å². The molecule has 0 radical (unpaired) electrons. The van der Waals surface area contributed by atoms with Crippen molar-refractivity contribution in [2.45, 2.75) is 89.2 Å². The minimum atomic E-state index is -0.576. The highest BCUT2D eigenvalue weighted by molar-refractivity contribution is 5.19. The first-order valence-corrected chi connectivity index (χ1v) is 11.8. The van der Waals surface area contributed by atoms with Crippen LogP contribution in [0.5, 0.6) is 0 Å². The summed E-state index contributed by atoms with van der Waals surface area (Å²) in [6.07, 6.45) is 4.20. The van der Waals surface area contributed by atoms with Crippen molar-refractivity contribution >= 4 is 0 Å². The number of aliphatic hydroxyl groups is 1. The zero-order valence-electron chi connectivity index (χ0n) is 21.6. The Labute approximate surface area is 199 Å². The molecule has 0 amide bonds. The van der Waals surface area contributed by atoms with Crippen LogP contribution < -0.4 is 0 Å². The van der Waals surface area contributed by atoms with E-state index in [9.17, 15) is 5.11 Å². The van der Waals surface area contributed by atoms with E-state index < -0.39 is 18.5 Å². The highest BCUT2D eigenvalue weighted by atomic mass is 16.7. The fraction of sp³-hybridized carbons (Fsp3) is 0.840. The molecule has 0 bridgehead atoms. The lowest BCUT2D eigenvalue weighted by molar-refractivity contribution is -0.295. The number of methoxy groups -OCH3 is 5. The second kappa shape index (κ2) is 13.3. The molecule has 4 unspecified atom stereocenters. The Morgan fingerprint density at radius 1 is 0.909 bits per heavy atom. The predicted octanol–water partition coefficient (Wildman–Crippen LogP) is 2.73. The van der Waals surface area contributed by atoms with Crippen molar-refractivity contribution in [3.8, 4) is 0 Å². The van der Waals surface area contributed by atoms with Crippen LogP contribution in [0.4, 0.5) is 0 Å². The van der Waals surface area contributed by atoms with Gasteiger partial charge in [0.15, 0.2) is 6.29 Å². The first kappa shape index (κ1) is 28.4. The van der Waals surface area contributed by atoms with E-state index in [0.29, 0.717) is 0 Å². The highest BCUT2D eigenvalue weighted by Crippen LogP contribution is 2.37. The molecule has 33 heavy (non-hydrogen) atoms. The Hall–Kier alpha value is -0.840. The molecule has 2 saturated heterocycles. The molecule has 192 valence electrons. The zero-order valence-corrected chi connectivity index (χ0v) is 21.6. The van der Waals surface area contributed by atoms with Gasteiger partial charge in [-0.1, -0.05) is 39.0 Å². The number of aliphatic hydroxyl groups excluding tert-OH is 1. The summed E-state index contributed by atoms with van der Waals surface area (Å²) in [6.45, 7) is 8.18. The number of allylic oxidation sites excluding steroid dienone is 2. The van der Waals surface area contributed by atoms with Gasteiger partial charge in [-0.25, -0.2) is 0 Å².